The molecule has 2 bridgehead atoms. The Balaban J connectivity index is 2.25. The molecule has 1 saturated heterocycles. The molecule has 9 heavy (non-hydrogen) atoms. The normalized spacial score (nSPS) is 26.7. The Morgan fingerprint density at radius 1 is 1.44 bits per heavy atom. The monoisotopic (exact) mass is 125 g/mol. The largest absolute Gasteiger partial charge is 0.511 e. The van der Waals surface area contributed by atoms with Crippen LogP contribution in [0.3, 0.4) is 0 Å². The second-order valence-electron chi connectivity index (χ2n) is 2.86. The van der Waals surface area contributed by atoms with E-state index in [1.54, 1.807) is 0 Å². The topological polar surface area (TPSA) is 23.5 Å². The first kappa shape index (κ1) is 5.15. The highest BCUT2D eigenvalue weighted by Gasteiger charge is 2.26. The van der Waals surface area contributed by atoms with Crippen LogP contribution in [0.2, 0.25) is 0 Å². The van der Waals surface area contributed by atoms with Gasteiger partial charge in [0.15, 0.2) is 0 Å². The maximum absolute atomic E-state index is 9.22. The molecule has 3 heterocycles. The lowest BCUT2D eigenvalue weighted by molar-refractivity contribution is 0.167. The summed E-state index contributed by atoms with van der Waals surface area (Å²) in [5.74, 6) is 1.10. The molecule has 2 heteroatoms. The van der Waals surface area contributed by atoms with Crippen LogP contribution in [0.25, 0.3) is 0 Å². The zero-order valence-electron chi connectivity index (χ0n) is 5.38. The van der Waals surface area contributed by atoms with Gasteiger partial charge >= 0.3 is 0 Å². The first-order valence-electron chi connectivity index (χ1n) is 3.51. The Bertz CT molecular complexity index is 145. The van der Waals surface area contributed by atoms with Crippen molar-refractivity contribution < 1.29 is 5.11 Å². The van der Waals surface area contributed by atoms with Gasteiger partial charge in [0.1, 0.15) is 5.76 Å². The molecule has 3 aliphatic rings. The minimum atomic E-state index is 0.495. The van der Waals surface area contributed by atoms with E-state index in [1.165, 1.54) is 0 Å². The van der Waals surface area contributed by atoms with Gasteiger partial charge in [-0.3, -0.25) is 0 Å². The summed E-state index contributed by atoms with van der Waals surface area (Å²) in [5.41, 5.74) is 0. The average molecular weight is 125 g/mol. The minimum Gasteiger partial charge on any atom is -0.511 e. The maximum atomic E-state index is 9.22. The maximum Gasteiger partial charge on any atom is 0.111 e. The molecule has 0 spiro atoms. The summed E-state index contributed by atoms with van der Waals surface area (Å²) in [6, 6.07) is 0. The molecule has 0 saturated carbocycles. The lowest BCUT2D eigenvalue weighted by Crippen LogP contribution is -2.35. The van der Waals surface area contributed by atoms with Gasteiger partial charge in [-0.15, -0.1) is 0 Å². The molecular formula is C7H11NO. The van der Waals surface area contributed by atoms with Crippen LogP contribution in [0, 0.1) is 5.92 Å². The standard InChI is InChI=1S/C7H11NO/c9-7-5-8-3-1-6(7)2-4-8/h5-6,9H,1-4H2. The molecule has 0 unspecified atom stereocenters. The van der Waals surface area contributed by atoms with Gasteiger partial charge in [0.25, 0.3) is 0 Å². The summed E-state index contributed by atoms with van der Waals surface area (Å²) in [7, 11) is 0. The molecule has 0 amide bonds. The van der Waals surface area contributed by atoms with Gasteiger partial charge in [0, 0.05) is 25.2 Å². The second kappa shape index (κ2) is 1.66. The van der Waals surface area contributed by atoms with Crippen molar-refractivity contribution in [2.75, 3.05) is 13.1 Å². The first-order chi connectivity index (χ1) is 4.36. The fourth-order valence-corrected chi connectivity index (χ4v) is 1.62. The van der Waals surface area contributed by atoms with Crippen molar-refractivity contribution in [3.05, 3.63) is 12.0 Å². The van der Waals surface area contributed by atoms with Crippen LogP contribution < -0.4 is 0 Å². The molecule has 0 aromatic heterocycles. The fourth-order valence-electron chi connectivity index (χ4n) is 1.62. The predicted molar refractivity (Wildman–Crippen MR) is 35.0 cm³/mol. The third-order valence-corrected chi connectivity index (χ3v) is 2.26. The van der Waals surface area contributed by atoms with Crippen molar-refractivity contribution in [2.24, 2.45) is 5.92 Å². The Hall–Kier alpha value is -0.660. The third-order valence-electron chi connectivity index (χ3n) is 2.26. The molecule has 0 radical (unpaired) electrons. The van der Waals surface area contributed by atoms with Crippen LogP contribution >= 0.6 is 0 Å². The predicted octanol–water partition coefficient (Wildman–Crippen LogP) is 1.11. The van der Waals surface area contributed by atoms with Crippen LogP contribution in [0.4, 0.5) is 0 Å². The highest BCUT2D eigenvalue weighted by molar-refractivity contribution is 5.05. The molecule has 3 rings (SSSR count). The van der Waals surface area contributed by atoms with Gasteiger partial charge in [-0.05, 0) is 12.8 Å². The number of fused-ring (bicyclic) bond motifs is 2. The molecule has 0 atom stereocenters. The van der Waals surface area contributed by atoms with Crippen molar-refractivity contribution in [3.8, 4) is 0 Å². The molecule has 1 fully saturated rings. The van der Waals surface area contributed by atoms with E-state index < -0.39 is 0 Å². The highest BCUT2D eigenvalue weighted by atomic mass is 16.3. The summed E-state index contributed by atoms with van der Waals surface area (Å²) >= 11 is 0. The van der Waals surface area contributed by atoms with Gasteiger partial charge < -0.3 is 10.0 Å². The summed E-state index contributed by atoms with van der Waals surface area (Å²) in [6.07, 6.45) is 4.20. The van der Waals surface area contributed by atoms with Gasteiger partial charge in [-0.2, -0.15) is 0 Å². The van der Waals surface area contributed by atoms with Crippen molar-refractivity contribution in [2.45, 2.75) is 12.8 Å². The van der Waals surface area contributed by atoms with Crippen LogP contribution in [0.1, 0.15) is 12.8 Å². The second-order valence-corrected chi connectivity index (χ2v) is 2.86. The number of allylic oxidation sites excluding steroid dienone is 1. The van der Waals surface area contributed by atoms with Crippen molar-refractivity contribution in [1.29, 1.82) is 0 Å². The molecule has 1 N–H and O–H groups in total. The van der Waals surface area contributed by atoms with E-state index in [2.05, 4.69) is 4.90 Å². The van der Waals surface area contributed by atoms with E-state index in [4.69, 9.17) is 0 Å². The number of hydrogen-bond donors (Lipinski definition) is 1. The van der Waals surface area contributed by atoms with Crippen molar-refractivity contribution >= 4 is 0 Å². The third kappa shape index (κ3) is 0.696. The van der Waals surface area contributed by atoms with Crippen LogP contribution in [0.5, 0.6) is 0 Å². The smallest absolute Gasteiger partial charge is 0.111 e. The van der Waals surface area contributed by atoms with Crippen LogP contribution in [-0.2, 0) is 0 Å². The molecule has 0 aliphatic carbocycles. The molecule has 0 aromatic carbocycles. The highest BCUT2D eigenvalue weighted by Crippen LogP contribution is 2.28. The van der Waals surface area contributed by atoms with Crippen molar-refractivity contribution in [3.63, 3.8) is 0 Å². The number of aliphatic hydroxyl groups excluding tert-OH is 1. The molecule has 2 nitrogen and oxygen atoms in total. The first-order valence-corrected chi connectivity index (χ1v) is 3.51. The zero-order valence-corrected chi connectivity index (χ0v) is 5.38. The Morgan fingerprint density at radius 3 is 2.33 bits per heavy atom. The molecular weight excluding hydrogens is 114 g/mol. The zero-order chi connectivity index (χ0) is 6.27. The van der Waals surface area contributed by atoms with Gasteiger partial charge in [0.05, 0.1) is 0 Å². The SMILES string of the molecule is OC1=CN2CCC1CC2. The number of aliphatic hydroxyl groups is 1. The Morgan fingerprint density at radius 2 is 2.11 bits per heavy atom. The van der Waals surface area contributed by atoms with E-state index >= 15 is 0 Å². The fraction of sp³-hybridized carbons (Fsp3) is 0.714. The van der Waals surface area contributed by atoms with E-state index in [-0.39, 0.29) is 0 Å². The number of rotatable bonds is 0. The Kier molecular flexibility index (Phi) is 0.949. The molecule has 3 aliphatic heterocycles. The summed E-state index contributed by atoms with van der Waals surface area (Å²) in [5, 5.41) is 9.22. The van der Waals surface area contributed by atoms with E-state index in [0.717, 1.165) is 25.9 Å². The molecule has 0 aromatic rings. The summed E-state index contributed by atoms with van der Waals surface area (Å²) in [4.78, 5) is 2.19. The minimum absolute atomic E-state index is 0.495. The quantitative estimate of drug-likeness (QED) is 0.524. The lowest BCUT2D eigenvalue weighted by Gasteiger charge is -2.36. The lowest BCUT2D eigenvalue weighted by atomic mass is 9.92. The van der Waals surface area contributed by atoms with E-state index in [9.17, 15) is 5.11 Å². The van der Waals surface area contributed by atoms with Gasteiger partial charge in [0.2, 0.25) is 0 Å². The average Bonchev–Trinajstić information content (AvgIpc) is 1.90. The number of hydrogen-bond acceptors (Lipinski definition) is 2. The number of piperidine rings is 1. The summed E-state index contributed by atoms with van der Waals surface area (Å²) < 4.78 is 0. The van der Waals surface area contributed by atoms with Crippen molar-refractivity contribution in [1.82, 2.24) is 4.90 Å². The molecule has 50 valence electrons. The van der Waals surface area contributed by atoms with Crippen LogP contribution in [0.15, 0.2) is 12.0 Å². The van der Waals surface area contributed by atoms with Crippen LogP contribution in [-0.4, -0.2) is 23.1 Å². The Labute approximate surface area is 54.8 Å². The summed E-state index contributed by atoms with van der Waals surface area (Å²) in [6.45, 7) is 2.30. The van der Waals surface area contributed by atoms with Gasteiger partial charge in [-0.1, -0.05) is 0 Å². The van der Waals surface area contributed by atoms with E-state index in [0.29, 0.717) is 11.7 Å². The van der Waals surface area contributed by atoms with E-state index in [1.807, 2.05) is 6.20 Å². The number of nitrogens with zero attached hydrogens (tertiary/aromatic N) is 1. The van der Waals surface area contributed by atoms with Gasteiger partial charge in [-0.25, -0.2) is 0 Å².